The maximum absolute atomic E-state index is 13.5. The van der Waals surface area contributed by atoms with Crippen molar-refractivity contribution in [1.29, 1.82) is 0 Å². The topological polar surface area (TPSA) is 91.3 Å². The molecule has 4 rings (SSSR count). The first-order chi connectivity index (χ1) is 15.3. The van der Waals surface area contributed by atoms with Gasteiger partial charge in [0.25, 0.3) is 0 Å². The number of hydrogen-bond acceptors (Lipinski definition) is 6. The predicted octanol–water partition coefficient (Wildman–Crippen LogP) is 3.18. The molecule has 0 unspecified atom stereocenters. The molecule has 32 heavy (non-hydrogen) atoms. The lowest BCUT2D eigenvalue weighted by Crippen LogP contribution is -2.51. The maximum atomic E-state index is 13.5. The molecule has 8 heteroatoms. The minimum Gasteiger partial charge on any atom is -0.495 e. The van der Waals surface area contributed by atoms with Crippen LogP contribution in [0.25, 0.3) is 0 Å². The third kappa shape index (κ3) is 4.72. The zero-order valence-corrected chi connectivity index (χ0v) is 18.3. The number of benzene rings is 2. The number of aliphatic hydroxyl groups excluding tert-OH is 2. The molecule has 1 spiro atoms. The van der Waals surface area contributed by atoms with E-state index in [-0.39, 0.29) is 11.7 Å². The molecule has 0 aromatic heterocycles. The number of rotatable bonds is 5. The van der Waals surface area contributed by atoms with Gasteiger partial charge in [-0.15, -0.1) is 0 Å². The quantitative estimate of drug-likeness (QED) is 0.656. The van der Waals surface area contributed by atoms with Gasteiger partial charge in [0.15, 0.2) is 0 Å². The molecule has 2 aromatic rings. The minimum atomic E-state index is -0.752. The number of carbonyl (C=O) groups excluding carboxylic acids is 1. The summed E-state index contributed by atoms with van der Waals surface area (Å²) >= 11 is 0. The predicted molar refractivity (Wildman–Crippen MR) is 117 cm³/mol. The highest BCUT2D eigenvalue weighted by Gasteiger charge is 2.43. The highest BCUT2D eigenvalue weighted by Crippen LogP contribution is 2.44. The van der Waals surface area contributed by atoms with E-state index in [1.165, 1.54) is 26.2 Å². The van der Waals surface area contributed by atoms with Crippen LogP contribution in [0.5, 0.6) is 11.5 Å². The van der Waals surface area contributed by atoms with Crippen LogP contribution < -0.4 is 14.8 Å². The van der Waals surface area contributed by atoms with Crippen LogP contribution in [0.4, 0.5) is 10.1 Å². The van der Waals surface area contributed by atoms with Crippen LogP contribution in [-0.2, 0) is 4.79 Å². The summed E-state index contributed by atoms with van der Waals surface area (Å²) in [5.41, 5.74) is 1.23. The summed E-state index contributed by atoms with van der Waals surface area (Å²) in [6.07, 6.45) is 0.348. The van der Waals surface area contributed by atoms with Crippen LogP contribution in [0, 0.1) is 5.82 Å². The number of anilines is 1. The summed E-state index contributed by atoms with van der Waals surface area (Å²) < 4.78 is 25.0. The first-order valence-electron chi connectivity index (χ1n) is 10.8. The Morgan fingerprint density at radius 3 is 2.75 bits per heavy atom. The van der Waals surface area contributed by atoms with Gasteiger partial charge in [0.2, 0.25) is 5.91 Å². The van der Waals surface area contributed by atoms with Gasteiger partial charge in [-0.05, 0) is 48.7 Å². The van der Waals surface area contributed by atoms with Crippen molar-refractivity contribution in [1.82, 2.24) is 4.90 Å². The molecule has 0 bridgehead atoms. The smallest absolute Gasteiger partial charge is 0.221 e. The Kier molecular flexibility index (Phi) is 6.37. The SMILES string of the molecule is COc1ccc([C@@H](O)CN2CCC3(CC2)C[C@@H](O)c2cc(F)ccc2O3)cc1NC(C)=O. The molecule has 7 nitrogen and oxygen atoms in total. The second-order valence-corrected chi connectivity index (χ2v) is 8.64. The molecule has 172 valence electrons. The third-order valence-electron chi connectivity index (χ3n) is 6.34. The molecule has 2 aromatic carbocycles. The summed E-state index contributed by atoms with van der Waals surface area (Å²) in [6, 6.07) is 9.51. The van der Waals surface area contributed by atoms with Crippen molar-refractivity contribution in [3.05, 3.63) is 53.3 Å². The van der Waals surface area contributed by atoms with E-state index >= 15 is 0 Å². The van der Waals surface area contributed by atoms with Gasteiger partial charge in [0, 0.05) is 38.5 Å². The maximum Gasteiger partial charge on any atom is 0.221 e. The Labute approximate surface area is 186 Å². The standard InChI is InChI=1S/C24H29FN2O5/c1-15(28)26-19-11-16(3-5-23(19)31-2)21(30)14-27-9-7-24(8-10-27)13-20(29)18-12-17(25)4-6-22(18)32-24/h3-6,11-12,20-21,29-30H,7-10,13-14H2,1-2H3,(H,26,28)/t20-,21+/m1/s1. The monoisotopic (exact) mass is 444 g/mol. The Hall–Kier alpha value is -2.68. The number of likely N-dealkylation sites (tertiary alicyclic amines) is 1. The number of fused-ring (bicyclic) bond motifs is 1. The van der Waals surface area contributed by atoms with Gasteiger partial charge in [-0.1, -0.05) is 6.07 Å². The normalized spacial score (nSPS) is 20.8. The molecular weight excluding hydrogens is 415 g/mol. The number of amides is 1. The Bertz CT molecular complexity index is 990. The van der Waals surface area contributed by atoms with E-state index in [0.717, 1.165) is 0 Å². The number of nitrogens with one attached hydrogen (secondary N) is 1. The van der Waals surface area contributed by atoms with Crippen LogP contribution >= 0.6 is 0 Å². The molecule has 0 radical (unpaired) electrons. The molecule has 2 aliphatic rings. The van der Waals surface area contributed by atoms with Crippen LogP contribution in [0.3, 0.4) is 0 Å². The number of halogens is 1. The van der Waals surface area contributed by atoms with Gasteiger partial charge in [0.1, 0.15) is 22.9 Å². The fourth-order valence-electron chi connectivity index (χ4n) is 4.63. The van der Waals surface area contributed by atoms with E-state index < -0.39 is 17.8 Å². The minimum absolute atomic E-state index is 0.213. The van der Waals surface area contributed by atoms with Crippen molar-refractivity contribution in [2.45, 2.75) is 44.0 Å². The second kappa shape index (κ2) is 9.05. The second-order valence-electron chi connectivity index (χ2n) is 8.64. The number of aliphatic hydroxyl groups is 2. The largest absolute Gasteiger partial charge is 0.495 e. The molecule has 1 amide bonds. The van der Waals surface area contributed by atoms with Crippen LogP contribution in [0.15, 0.2) is 36.4 Å². The van der Waals surface area contributed by atoms with Gasteiger partial charge in [-0.25, -0.2) is 4.39 Å². The van der Waals surface area contributed by atoms with E-state index in [4.69, 9.17) is 9.47 Å². The van der Waals surface area contributed by atoms with E-state index in [2.05, 4.69) is 10.2 Å². The average molecular weight is 445 g/mol. The molecule has 1 saturated heterocycles. The Morgan fingerprint density at radius 2 is 2.06 bits per heavy atom. The lowest BCUT2D eigenvalue weighted by molar-refractivity contribution is -0.114. The highest BCUT2D eigenvalue weighted by atomic mass is 19.1. The summed E-state index contributed by atoms with van der Waals surface area (Å²) in [6.45, 7) is 3.27. The molecular formula is C24H29FN2O5. The van der Waals surface area contributed by atoms with Crippen molar-refractivity contribution in [2.75, 3.05) is 32.1 Å². The van der Waals surface area contributed by atoms with Crippen LogP contribution in [0.1, 0.15) is 49.5 Å². The Morgan fingerprint density at radius 1 is 1.31 bits per heavy atom. The molecule has 0 saturated carbocycles. The average Bonchev–Trinajstić information content (AvgIpc) is 2.76. The fraction of sp³-hybridized carbons (Fsp3) is 0.458. The first-order valence-corrected chi connectivity index (χ1v) is 10.8. The van der Waals surface area contributed by atoms with Gasteiger partial charge in [-0.3, -0.25) is 4.79 Å². The number of methoxy groups -OCH3 is 1. The molecule has 1 fully saturated rings. The lowest BCUT2D eigenvalue weighted by atomic mass is 9.81. The zero-order valence-electron chi connectivity index (χ0n) is 18.3. The van der Waals surface area contributed by atoms with Gasteiger partial charge < -0.3 is 29.9 Å². The lowest BCUT2D eigenvalue weighted by Gasteiger charge is -2.46. The summed E-state index contributed by atoms with van der Waals surface area (Å²) in [7, 11) is 1.53. The van der Waals surface area contributed by atoms with Gasteiger partial charge in [-0.2, -0.15) is 0 Å². The molecule has 2 atom stereocenters. The van der Waals surface area contributed by atoms with Gasteiger partial charge in [0.05, 0.1) is 25.0 Å². The summed E-state index contributed by atoms with van der Waals surface area (Å²) in [4.78, 5) is 13.6. The highest BCUT2D eigenvalue weighted by molar-refractivity contribution is 5.90. The first kappa shape index (κ1) is 22.5. The number of piperidine rings is 1. The molecule has 0 aliphatic carbocycles. The van der Waals surface area contributed by atoms with Gasteiger partial charge >= 0.3 is 0 Å². The van der Waals surface area contributed by atoms with Crippen molar-refractivity contribution >= 4 is 11.6 Å². The molecule has 2 heterocycles. The summed E-state index contributed by atoms with van der Waals surface area (Å²) in [5.74, 6) is 0.480. The zero-order chi connectivity index (χ0) is 22.9. The number of carbonyl (C=O) groups is 1. The fourth-order valence-corrected chi connectivity index (χ4v) is 4.63. The summed E-state index contributed by atoms with van der Waals surface area (Å²) in [5, 5.41) is 24.1. The number of ether oxygens (including phenoxy) is 2. The van der Waals surface area contributed by atoms with E-state index in [1.54, 1.807) is 24.3 Å². The van der Waals surface area contributed by atoms with Crippen LogP contribution in [0.2, 0.25) is 0 Å². The van der Waals surface area contributed by atoms with E-state index in [0.29, 0.717) is 67.2 Å². The van der Waals surface area contributed by atoms with E-state index in [1.807, 2.05) is 0 Å². The van der Waals surface area contributed by atoms with Crippen molar-refractivity contribution in [3.63, 3.8) is 0 Å². The third-order valence-corrected chi connectivity index (χ3v) is 6.34. The number of β-amino-alcohol motifs (C(OH)–C–C–N with tert-alkyl or cyclic N) is 1. The molecule has 2 aliphatic heterocycles. The van der Waals surface area contributed by atoms with Crippen molar-refractivity contribution in [3.8, 4) is 11.5 Å². The van der Waals surface area contributed by atoms with Crippen LogP contribution in [-0.4, -0.2) is 53.4 Å². The number of nitrogens with zero attached hydrogens (tertiary/aromatic N) is 1. The number of hydrogen-bond donors (Lipinski definition) is 3. The molecule has 3 N–H and O–H groups in total. The van der Waals surface area contributed by atoms with Crippen molar-refractivity contribution in [2.24, 2.45) is 0 Å². The van der Waals surface area contributed by atoms with E-state index in [9.17, 15) is 19.4 Å². The Balaban J connectivity index is 1.39. The van der Waals surface area contributed by atoms with Crippen molar-refractivity contribution < 1.29 is 28.9 Å².